The predicted molar refractivity (Wildman–Crippen MR) is 199 cm³/mol. The van der Waals surface area contributed by atoms with Crippen LogP contribution in [0.25, 0.3) is 95.5 Å². The summed E-state index contributed by atoms with van der Waals surface area (Å²) in [6, 6.07) is 48.8. The molecule has 0 atom stereocenters. The number of benzene rings is 6. The fourth-order valence-electron chi connectivity index (χ4n) is 7.06. The van der Waals surface area contributed by atoms with Crippen LogP contribution in [-0.2, 0) is 0 Å². The van der Waals surface area contributed by atoms with Crippen LogP contribution < -0.4 is 0 Å². The molecule has 0 spiro atoms. The van der Waals surface area contributed by atoms with Crippen molar-refractivity contribution in [3.8, 4) is 33.4 Å². The molecule has 46 heavy (non-hydrogen) atoms. The highest BCUT2D eigenvalue weighted by Gasteiger charge is 2.17. The van der Waals surface area contributed by atoms with E-state index in [1.807, 2.05) is 47.2 Å². The van der Waals surface area contributed by atoms with Crippen molar-refractivity contribution in [2.24, 2.45) is 0 Å². The van der Waals surface area contributed by atoms with Gasteiger partial charge in [-0.1, -0.05) is 84.9 Å². The quantitative estimate of drug-likeness (QED) is 0.184. The third kappa shape index (κ3) is 3.87. The summed E-state index contributed by atoms with van der Waals surface area (Å²) in [6.07, 6.45) is 3.72. The van der Waals surface area contributed by atoms with E-state index in [-0.39, 0.29) is 0 Å². The molecule has 0 saturated heterocycles. The summed E-state index contributed by atoms with van der Waals surface area (Å²) in [5, 5.41) is 7.45. The van der Waals surface area contributed by atoms with E-state index in [1.165, 1.54) is 73.7 Å². The van der Waals surface area contributed by atoms with Crippen molar-refractivity contribution in [3.05, 3.63) is 146 Å². The van der Waals surface area contributed by atoms with Gasteiger partial charge in [-0.05, 0) is 81.9 Å². The van der Waals surface area contributed by atoms with Gasteiger partial charge in [-0.25, -0.2) is 0 Å². The topological polar surface area (TPSA) is 25.8 Å². The molecule has 0 unspecified atom stereocenters. The number of fused-ring (bicyclic) bond motifs is 9. The molecule has 0 fully saturated rings. The van der Waals surface area contributed by atoms with Gasteiger partial charge in [0.1, 0.15) is 0 Å². The van der Waals surface area contributed by atoms with Crippen molar-refractivity contribution < 1.29 is 0 Å². The molecule has 0 amide bonds. The molecule has 214 valence electrons. The first-order valence-corrected chi connectivity index (χ1v) is 17.0. The number of thiophene rings is 2. The van der Waals surface area contributed by atoms with Crippen molar-refractivity contribution in [2.75, 3.05) is 0 Å². The van der Waals surface area contributed by atoms with Crippen molar-refractivity contribution in [1.82, 2.24) is 9.97 Å². The number of hydrogen-bond acceptors (Lipinski definition) is 4. The van der Waals surface area contributed by atoms with E-state index in [1.54, 1.807) is 0 Å². The second kappa shape index (κ2) is 10.0. The zero-order valence-electron chi connectivity index (χ0n) is 24.6. The van der Waals surface area contributed by atoms with Gasteiger partial charge in [-0.2, -0.15) is 0 Å². The largest absolute Gasteiger partial charge is 0.254 e. The van der Waals surface area contributed by atoms with Crippen LogP contribution in [0.4, 0.5) is 0 Å². The van der Waals surface area contributed by atoms with Gasteiger partial charge in [0.2, 0.25) is 0 Å². The lowest BCUT2D eigenvalue weighted by molar-refractivity contribution is 1.37. The van der Waals surface area contributed by atoms with Crippen LogP contribution in [0.15, 0.2) is 146 Å². The third-order valence-corrected chi connectivity index (χ3v) is 11.6. The van der Waals surface area contributed by atoms with E-state index < -0.39 is 0 Å². The van der Waals surface area contributed by atoms with Crippen molar-refractivity contribution in [2.45, 2.75) is 0 Å². The standard InChI is InChI=1S/C42H24N2S2/c1-3-17-37-31(10-1)34-14-5-12-29(41(34)45-37)26-21-27(30-13-6-15-35-32-11-2-4-18-38(32)46-42(30)35)23-28(22-26)36-24-25-9-7-19-43-39(25)40-33(36)16-8-20-44-40/h1-24H. The molecule has 2 nitrogen and oxygen atoms in total. The van der Waals surface area contributed by atoms with Crippen molar-refractivity contribution in [1.29, 1.82) is 0 Å². The Morgan fingerprint density at radius 1 is 0.370 bits per heavy atom. The van der Waals surface area contributed by atoms with Gasteiger partial charge in [-0.15, -0.1) is 22.7 Å². The van der Waals surface area contributed by atoms with Crippen LogP contribution >= 0.6 is 22.7 Å². The molecule has 0 N–H and O–H groups in total. The summed E-state index contributed by atoms with van der Waals surface area (Å²) in [7, 11) is 0. The maximum Gasteiger partial charge on any atom is 0.0970 e. The summed E-state index contributed by atoms with van der Waals surface area (Å²) in [4.78, 5) is 9.55. The highest BCUT2D eigenvalue weighted by Crippen LogP contribution is 2.45. The second-order valence-electron chi connectivity index (χ2n) is 11.8. The molecule has 4 heteroatoms. The molecule has 6 aromatic carbocycles. The van der Waals surface area contributed by atoms with E-state index in [4.69, 9.17) is 9.97 Å². The number of aromatic nitrogens is 2. The van der Waals surface area contributed by atoms with E-state index >= 15 is 0 Å². The highest BCUT2D eigenvalue weighted by molar-refractivity contribution is 7.26. The van der Waals surface area contributed by atoms with Crippen LogP contribution in [-0.4, -0.2) is 9.97 Å². The third-order valence-electron chi connectivity index (χ3n) is 9.14. The van der Waals surface area contributed by atoms with Gasteiger partial charge in [0.25, 0.3) is 0 Å². The molecule has 0 aliphatic rings. The van der Waals surface area contributed by atoms with E-state index in [0.717, 1.165) is 21.8 Å². The summed E-state index contributed by atoms with van der Waals surface area (Å²) in [5.41, 5.74) is 9.15. The molecule has 0 bridgehead atoms. The maximum absolute atomic E-state index is 4.83. The number of nitrogens with zero attached hydrogens (tertiary/aromatic N) is 2. The van der Waals surface area contributed by atoms with Crippen molar-refractivity contribution in [3.63, 3.8) is 0 Å². The molecule has 0 aliphatic carbocycles. The Bertz CT molecular complexity index is 2690. The Kier molecular flexibility index (Phi) is 5.65. The molecule has 0 saturated carbocycles. The number of hydrogen-bond donors (Lipinski definition) is 0. The first-order chi connectivity index (χ1) is 22.8. The van der Waals surface area contributed by atoms with Gasteiger partial charge in [-0.3, -0.25) is 9.97 Å². The molecular weight excluding hydrogens is 597 g/mol. The Labute approximate surface area is 272 Å². The smallest absolute Gasteiger partial charge is 0.0970 e. The molecule has 0 radical (unpaired) electrons. The monoisotopic (exact) mass is 620 g/mol. The molecule has 10 rings (SSSR count). The van der Waals surface area contributed by atoms with Gasteiger partial charge >= 0.3 is 0 Å². The Morgan fingerprint density at radius 3 is 1.50 bits per heavy atom. The molecule has 4 aromatic heterocycles. The van der Waals surface area contributed by atoms with Crippen LogP contribution in [0, 0.1) is 0 Å². The molecular formula is C42H24N2S2. The van der Waals surface area contributed by atoms with Crippen LogP contribution in [0.1, 0.15) is 0 Å². The normalized spacial score (nSPS) is 11.9. The zero-order chi connectivity index (χ0) is 30.2. The van der Waals surface area contributed by atoms with Gasteiger partial charge < -0.3 is 0 Å². The minimum absolute atomic E-state index is 0.931. The average molecular weight is 621 g/mol. The van der Waals surface area contributed by atoms with Gasteiger partial charge in [0.15, 0.2) is 0 Å². The van der Waals surface area contributed by atoms with Crippen LogP contribution in [0.5, 0.6) is 0 Å². The zero-order valence-corrected chi connectivity index (χ0v) is 26.2. The minimum atomic E-state index is 0.931. The SMILES string of the molecule is c1cnc2c(c1)cc(-c1cc(-c3cccc4c3sc3ccccc34)cc(-c3cccc4c3sc3ccccc34)c1)c1cccnc12. The van der Waals surface area contributed by atoms with E-state index in [0.29, 0.717) is 0 Å². The lowest BCUT2D eigenvalue weighted by Gasteiger charge is -2.15. The van der Waals surface area contributed by atoms with Crippen LogP contribution in [0.2, 0.25) is 0 Å². The summed E-state index contributed by atoms with van der Waals surface area (Å²) >= 11 is 3.76. The Hall–Kier alpha value is -5.42. The number of pyridine rings is 2. The lowest BCUT2D eigenvalue weighted by Crippen LogP contribution is -1.91. The first-order valence-electron chi connectivity index (χ1n) is 15.4. The summed E-state index contributed by atoms with van der Waals surface area (Å²) in [5.74, 6) is 0. The first kappa shape index (κ1) is 25.9. The molecule has 10 aromatic rings. The maximum atomic E-state index is 4.83. The van der Waals surface area contributed by atoms with Gasteiger partial charge in [0, 0.05) is 63.5 Å². The fraction of sp³-hybridized carbons (Fsp3) is 0. The second-order valence-corrected chi connectivity index (χ2v) is 13.9. The fourth-order valence-corrected chi connectivity index (χ4v) is 9.54. The van der Waals surface area contributed by atoms with E-state index in [2.05, 4.69) is 121 Å². The average Bonchev–Trinajstić information content (AvgIpc) is 3.70. The summed E-state index contributed by atoms with van der Waals surface area (Å²) in [6.45, 7) is 0. The predicted octanol–water partition coefficient (Wildman–Crippen LogP) is 12.5. The minimum Gasteiger partial charge on any atom is -0.254 e. The number of rotatable bonds is 3. The Morgan fingerprint density at radius 2 is 0.870 bits per heavy atom. The van der Waals surface area contributed by atoms with Gasteiger partial charge in [0.05, 0.1) is 11.0 Å². The lowest BCUT2D eigenvalue weighted by atomic mass is 9.90. The summed E-state index contributed by atoms with van der Waals surface area (Å²) < 4.78 is 5.27. The van der Waals surface area contributed by atoms with E-state index in [9.17, 15) is 0 Å². The molecule has 0 aliphatic heterocycles. The molecule has 4 heterocycles. The highest BCUT2D eigenvalue weighted by atomic mass is 32.1. The Balaban J connectivity index is 1.31. The van der Waals surface area contributed by atoms with Crippen LogP contribution in [0.3, 0.4) is 0 Å². The van der Waals surface area contributed by atoms with Crippen molar-refractivity contribution >= 4 is 84.8 Å².